The summed E-state index contributed by atoms with van der Waals surface area (Å²) in [7, 11) is 0. The number of halogens is 1. The molecule has 0 bridgehead atoms. The molecule has 2 aliphatic rings. The van der Waals surface area contributed by atoms with E-state index in [1.165, 1.54) is 6.07 Å². The minimum Gasteiger partial charge on any atom is -0.369 e. The van der Waals surface area contributed by atoms with Gasteiger partial charge in [-0.1, -0.05) is 41.6 Å². The molecule has 0 spiro atoms. The number of amides is 3. The number of piperazine rings is 1. The molecule has 3 aromatic carbocycles. The molecule has 2 aliphatic heterocycles. The lowest BCUT2D eigenvalue weighted by Crippen LogP contribution is -2.47. The van der Waals surface area contributed by atoms with Crippen molar-refractivity contribution < 1.29 is 23.3 Å². The zero-order valence-corrected chi connectivity index (χ0v) is 30.5. The number of hydrogen-bond acceptors (Lipinski definition) is 10. The van der Waals surface area contributed by atoms with Crippen molar-refractivity contribution in [2.24, 2.45) is 5.73 Å². The fraction of sp³-hybridized carbons (Fsp3) is 0.293. The molecule has 280 valence electrons. The van der Waals surface area contributed by atoms with Crippen molar-refractivity contribution in [1.29, 1.82) is 0 Å². The molecule has 55 heavy (non-hydrogen) atoms. The van der Waals surface area contributed by atoms with Crippen LogP contribution < -0.4 is 16.0 Å². The SMILES string of the molecule is Cc1cc(-c2[nH]nc3ncc(-c4ccc(N5CCN(CCc6ccc([C@H]7CCC(=O)NC7=O)c(F)c6)CC5)cc4)cc23)ccc1[C@@H](C)c1nc(C(N)=O)no1. The Hall–Kier alpha value is -6.28. The molecule has 0 saturated carbocycles. The summed E-state index contributed by atoms with van der Waals surface area (Å²) < 4.78 is 20.3. The number of carbonyl (C=O) groups is 3. The van der Waals surface area contributed by atoms with E-state index in [0.29, 0.717) is 29.9 Å². The summed E-state index contributed by atoms with van der Waals surface area (Å²) in [5.74, 6) is -2.53. The number of piperidine rings is 1. The Kier molecular flexibility index (Phi) is 9.66. The molecule has 2 fully saturated rings. The summed E-state index contributed by atoms with van der Waals surface area (Å²) in [6, 6.07) is 21.9. The number of H-pyrrole nitrogens is 1. The molecular weight excluding hydrogens is 702 g/mol. The number of pyridine rings is 1. The van der Waals surface area contributed by atoms with Gasteiger partial charge in [0.2, 0.25) is 17.7 Å². The van der Waals surface area contributed by atoms with Crippen LogP contribution in [0, 0.1) is 12.7 Å². The second kappa shape index (κ2) is 14.9. The molecule has 13 nitrogen and oxygen atoms in total. The van der Waals surface area contributed by atoms with Crippen molar-refractivity contribution in [3.63, 3.8) is 0 Å². The molecule has 2 atom stereocenters. The molecule has 0 unspecified atom stereocenters. The molecule has 5 heterocycles. The van der Waals surface area contributed by atoms with E-state index in [9.17, 15) is 18.8 Å². The fourth-order valence-corrected chi connectivity index (χ4v) is 7.62. The van der Waals surface area contributed by atoms with Crippen LogP contribution in [-0.2, 0) is 16.0 Å². The highest BCUT2D eigenvalue weighted by Crippen LogP contribution is 2.34. The maximum Gasteiger partial charge on any atom is 0.290 e. The van der Waals surface area contributed by atoms with Crippen molar-refractivity contribution in [3.05, 3.63) is 113 Å². The second-order valence-electron chi connectivity index (χ2n) is 14.3. The number of rotatable bonds is 10. The van der Waals surface area contributed by atoms with Crippen LogP contribution in [0.1, 0.15) is 70.4 Å². The van der Waals surface area contributed by atoms with Gasteiger partial charge in [0, 0.05) is 73.1 Å². The van der Waals surface area contributed by atoms with Gasteiger partial charge in [-0.05, 0) is 79.3 Å². The lowest BCUT2D eigenvalue weighted by molar-refractivity contribution is -0.134. The summed E-state index contributed by atoms with van der Waals surface area (Å²) in [5, 5.41) is 14.5. The van der Waals surface area contributed by atoms with Gasteiger partial charge in [-0.2, -0.15) is 10.1 Å². The summed E-state index contributed by atoms with van der Waals surface area (Å²) in [5.41, 5.74) is 14.2. The van der Waals surface area contributed by atoms with Crippen LogP contribution in [0.15, 0.2) is 77.4 Å². The number of aromatic amines is 1. The number of nitrogens with two attached hydrogens (primary N) is 1. The molecule has 2 saturated heterocycles. The Bertz CT molecular complexity index is 2420. The number of nitrogens with one attached hydrogen (secondary N) is 2. The van der Waals surface area contributed by atoms with E-state index in [2.05, 4.69) is 76.8 Å². The standard InChI is InChI=1S/C41H40FN9O4/c1-23-19-27(6-10-30(23)24(2)41-46-39(37(43)53)49-55-41)36-33-21-28(22-44-38(33)48-47-36)26-4-7-29(8-5-26)51-17-15-50(16-18-51)14-13-25-3-9-31(34(42)20-25)32-11-12-35(52)45-40(32)54/h3-10,19-22,24,32H,11-18H2,1-2H3,(H2,43,53)(H,44,47,48)(H,45,52,54)/t24-,32-/m1/s1. The monoisotopic (exact) mass is 741 g/mol. The van der Waals surface area contributed by atoms with Crippen molar-refractivity contribution in [1.82, 2.24) is 35.5 Å². The number of anilines is 1. The number of fused-ring (bicyclic) bond motifs is 1. The lowest BCUT2D eigenvalue weighted by atomic mass is 9.89. The summed E-state index contributed by atoms with van der Waals surface area (Å²) in [6.45, 7) is 8.33. The van der Waals surface area contributed by atoms with E-state index in [1.54, 1.807) is 6.07 Å². The molecule has 3 amide bonds. The minimum atomic E-state index is -0.734. The van der Waals surface area contributed by atoms with Crippen LogP contribution in [0.3, 0.4) is 0 Å². The first kappa shape index (κ1) is 35.7. The van der Waals surface area contributed by atoms with E-state index < -0.39 is 23.5 Å². The van der Waals surface area contributed by atoms with Gasteiger partial charge < -0.3 is 15.2 Å². The zero-order valence-electron chi connectivity index (χ0n) is 30.5. The van der Waals surface area contributed by atoms with E-state index in [1.807, 2.05) is 38.2 Å². The number of imide groups is 1. The van der Waals surface area contributed by atoms with Gasteiger partial charge in [0.25, 0.3) is 11.7 Å². The number of aryl methyl sites for hydroxylation is 1. The first-order chi connectivity index (χ1) is 26.6. The molecule has 6 aromatic rings. The molecule has 4 N–H and O–H groups in total. The summed E-state index contributed by atoms with van der Waals surface area (Å²) in [4.78, 5) is 48.7. The van der Waals surface area contributed by atoms with E-state index in [0.717, 1.165) is 82.9 Å². The van der Waals surface area contributed by atoms with Gasteiger partial charge in [-0.3, -0.25) is 29.7 Å². The highest BCUT2D eigenvalue weighted by Gasteiger charge is 2.30. The van der Waals surface area contributed by atoms with Gasteiger partial charge in [0.1, 0.15) is 5.82 Å². The average molecular weight is 742 g/mol. The predicted octanol–water partition coefficient (Wildman–Crippen LogP) is 5.26. The number of nitrogens with zero attached hydrogens (tertiary/aromatic N) is 6. The van der Waals surface area contributed by atoms with Gasteiger partial charge in [-0.25, -0.2) is 9.37 Å². The molecule has 14 heteroatoms. The van der Waals surface area contributed by atoms with E-state index in [4.69, 9.17) is 10.3 Å². The van der Waals surface area contributed by atoms with Crippen LogP contribution in [0.2, 0.25) is 0 Å². The van der Waals surface area contributed by atoms with Crippen molar-refractivity contribution in [2.75, 3.05) is 37.6 Å². The van der Waals surface area contributed by atoms with Crippen LogP contribution in [0.25, 0.3) is 33.4 Å². The topological polar surface area (TPSA) is 176 Å². The van der Waals surface area contributed by atoms with Crippen LogP contribution >= 0.6 is 0 Å². The molecular formula is C41H40FN9O4. The highest BCUT2D eigenvalue weighted by molar-refractivity contribution is 6.01. The van der Waals surface area contributed by atoms with Crippen molar-refractivity contribution in [2.45, 2.75) is 44.9 Å². The molecule has 3 aromatic heterocycles. The van der Waals surface area contributed by atoms with Crippen LogP contribution in [0.4, 0.5) is 10.1 Å². The van der Waals surface area contributed by atoms with E-state index in [-0.39, 0.29) is 24.1 Å². The second-order valence-corrected chi connectivity index (χ2v) is 14.3. The normalized spacial score (nSPS) is 17.1. The van der Waals surface area contributed by atoms with Gasteiger partial charge in [0.15, 0.2) is 5.65 Å². The van der Waals surface area contributed by atoms with Crippen molar-refractivity contribution in [3.8, 4) is 22.4 Å². The third kappa shape index (κ3) is 7.32. The maximum atomic E-state index is 15.0. The third-order valence-corrected chi connectivity index (χ3v) is 10.8. The van der Waals surface area contributed by atoms with Gasteiger partial charge in [0.05, 0.1) is 17.5 Å². The van der Waals surface area contributed by atoms with Gasteiger partial charge in [-0.15, -0.1) is 0 Å². The highest BCUT2D eigenvalue weighted by atomic mass is 19.1. The molecule has 0 aliphatic carbocycles. The Morgan fingerprint density at radius 2 is 1.78 bits per heavy atom. The number of carbonyl (C=O) groups excluding carboxylic acids is 3. The zero-order chi connectivity index (χ0) is 38.2. The van der Waals surface area contributed by atoms with Gasteiger partial charge >= 0.3 is 0 Å². The third-order valence-electron chi connectivity index (χ3n) is 10.8. The predicted molar refractivity (Wildman–Crippen MR) is 204 cm³/mol. The summed E-state index contributed by atoms with van der Waals surface area (Å²) in [6.07, 6.45) is 3.11. The number of aromatic nitrogens is 5. The first-order valence-corrected chi connectivity index (χ1v) is 18.4. The average Bonchev–Trinajstić information content (AvgIpc) is 3.86. The Balaban J connectivity index is 0.885. The Morgan fingerprint density at radius 3 is 2.49 bits per heavy atom. The van der Waals surface area contributed by atoms with Crippen molar-refractivity contribution >= 4 is 34.4 Å². The fourth-order valence-electron chi connectivity index (χ4n) is 7.62. The smallest absolute Gasteiger partial charge is 0.290 e. The lowest BCUT2D eigenvalue weighted by Gasteiger charge is -2.36. The minimum absolute atomic E-state index is 0.140. The largest absolute Gasteiger partial charge is 0.369 e. The summed E-state index contributed by atoms with van der Waals surface area (Å²) >= 11 is 0. The van der Waals surface area contributed by atoms with Crippen LogP contribution in [0.5, 0.6) is 0 Å². The van der Waals surface area contributed by atoms with E-state index >= 15 is 0 Å². The van der Waals surface area contributed by atoms with Crippen LogP contribution in [-0.4, -0.2) is 80.7 Å². The first-order valence-electron chi connectivity index (χ1n) is 18.4. The molecule has 0 radical (unpaired) electrons. The Morgan fingerprint density at radius 1 is 1.00 bits per heavy atom. The molecule has 8 rings (SSSR count). The number of primary amides is 1. The Labute approximate surface area is 316 Å². The number of hydrogen-bond donors (Lipinski definition) is 3. The maximum absolute atomic E-state index is 15.0. The number of benzene rings is 3. The quantitative estimate of drug-likeness (QED) is 0.157.